The summed E-state index contributed by atoms with van der Waals surface area (Å²) in [6.45, 7) is 2.58. The van der Waals surface area contributed by atoms with Gasteiger partial charge in [-0.2, -0.15) is 0 Å². The van der Waals surface area contributed by atoms with Gasteiger partial charge in [-0.1, -0.05) is 0 Å². The topological polar surface area (TPSA) is 96.5 Å². The van der Waals surface area contributed by atoms with Gasteiger partial charge in [-0.3, -0.25) is 0 Å². The molecule has 3 heterocycles. The molecule has 6 aliphatic rings. The molecular weight excluding hydrogens is 399 g/mol. The predicted octanol–water partition coefficient (Wildman–Crippen LogP) is 1.34. The number of rotatable bonds is 4. The second-order valence-corrected chi connectivity index (χ2v) is 11.6. The van der Waals surface area contributed by atoms with Gasteiger partial charge in [0, 0.05) is 0 Å². The fourth-order valence-corrected chi connectivity index (χ4v) is 9.90. The minimum absolute atomic E-state index is 0.00158. The van der Waals surface area contributed by atoms with E-state index in [9.17, 15) is 9.59 Å². The molecule has 0 aromatic rings. The zero-order chi connectivity index (χ0) is 15.1. The van der Waals surface area contributed by atoms with E-state index in [0.29, 0.717) is 18.4 Å². The van der Waals surface area contributed by atoms with Crippen molar-refractivity contribution in [2.45, 2.75) is 42.4 Å². The predicted molar refractivity (Wildman–Crippen MR) is 85.5 cm³/mol. The number of carbonyl (C=O) groups is 2. The fraction of sp³-hybridized carbons (Fsp3) is 0.867. The Morgan fingerprint density at radius 1 is 1.45 bits per heavy atom. The number of carbonyl (C=O) groups excluding carboxylic acids is 2. The molecule has 6 fully saturated rings. The van der Waals surface area contributed by atoms with E-state index in [1.807, 2.05) is 0 Å². The first-order valence-corrected chi connectivity index (χ1v) is 11.5. The van der Waals surface area contributed by atoms with Crippen molar-refractivity contribution in [3.63, 3.8) is 0 Å². The average Bonchev–Trinajstić information content (AvgIpc) is 3.31. The normalized spacial score (nSPS) is 45.6. The Balaban J connectivity index is 1.30. The monoisotopic (exact) mass is 420 g/mol. The molecule has 6 nitrogen and oxygen atoms in total. The summed E-state index contributed by atoms with van der Waals surface area (Å²) in [6.07, 6.45) is 3.81. The maximum atomic E-state index is 12.6. The Morgan fingerprint density at radius 2 is 2.23 bits per heavy atom. The van der Waals surface area contributed by atoms with Crippen LogP contribution >= 0.6 is 20.4 Å². The molecule has 122 valence electrons. The van der Waals surface area contributed by atoms with Crippen LogP contribution in [-0.2, 0) is 19.1 Å². The number of hydrogen-bond acceptors (Lipinski definition) is 6. The maximum absolute atomic E-state index is 12.6. The summed E-state index contributed by atoms with van der Waals surface area (Å²) < 4.78 is 18.1. The molecule has 3 aliphatic heterocycles. The standard InChI is InChI=1S/C15H21IN2O4/c1-2-10(15-16(17-15)18-15)13(19)22-11-5-7-3-4-8(11)9-6-21-14(20)12(7)9/h7-12,17-18H,2-6H2,1H3. The molecule has 2 bridgehead atoms. The molecule has 0 aromatic heterocycles. The number of nitrogens with one attached hydrogen (secondary N) is 2. The van der Waals surface area contributed by atoms with Crippen LogP contribution in [0.1, 0.15) is 32.6 Å². The Hall–Kier alpha value is -0.410. The molecule has 0 amide bonds. The van der Waals surface area contributed by atoms with E-state index in [4.69, 9.17) is 9.47 Å². The van der Waals surface area contributed by atoms with Gasteiger partial charge in [0.05, 0.1) is 0 Å². The van der Waals surface area contributed by atoms with Gasteiger partial charge in [0.2, 0.25) is 0 Å². The van der Waals surface area contributed by atoms with Crippen LogP contribution in [0.2, 0.25) is 0 Å². The molecule has 0 radical (unpaired) electrons. The van der Waals surface area contributed by atoms with Crippen LogP contribution in [0.15, 0.2) is 0 Å². The van der Waals surface area contributed by atoms with Crippen LogP contribution in [0.25, 0.3) is 0 Å². The number of hydrogen-bond donors (Lipinski definition) is 2. The van der Waals surface area contributed by atoms with Crippen molar-refractivity contribution < 1.29 is 19.1 Å². The Kier molecular flexibility index (Phi) is 2.90. The Bertz CT molecular complexity index is 550. The summed E-state index contributed by atoms with van der Waals surface area (Å²) in [5.74, 6) is 0.916. The van der Waals surface area contributed by atoms with Crippen molar-refractivity contribution in [2.24, 2.45) is 29.6 Å². The number of ether oxygens (including phenoxy) is 2. The molecular formula is C15H21IN2O4. The van der Waals surface area contributed by atoms with Crippen LogP contribution in [0, 0.1) is 29.6 Å². The van der Waals surface area contributed by atoms with E-state index in [0.717, 1.165) is 25.7 Å². The van der Waals surface area contributed by atoms with E-state index < -0.39 is 20.4 Å². The second-order valence-electron chi connectivity index (χ2n) is 7.18. The zero-order valence-corrected chi connectivity index (χ0v) is 14.7. The van der Waals surface area contributed by atoms with E-state index in [2.05, 4.69) is 14.0 Å². The summed E-state index contributed by atoms with van der Waals surface area (Å²) in [5.41, 5.74) is 0. The van der Waals surface area contributed by atoms with E-state index in [1.165, 1.54) is 0 Å². The van der Waals surface area contributed by atoms with Gasteiger partial charge >= 0.3 is 137 Å². The Morgan fingerprint density at radius 3 is 2.91 bits per heavy atom. The third-order valence-corrected chi connectivity index (χ3v) is 10.9. The second kappa shape index (κ2) is 4.57. The van der Waals surface area contributed by atoms with Gasteiger partial charge in [-0.25, -0.2) is 0 Å². The van der Waals surface area contributed by atoms with Crippen molar-refractivity contribution >= 4 is 32.3 Å². The molecule has 22 heavy (non-hydrogen) atoms. The van der Waals surface area contributed by atoms with E-state index in [-0.39, 0.29) is 39.5 Å². The first-order chi connectivity index (χ1) is 10.6. The summed E-state index contributed by atoms with van der Waals surface area (Å²) in [6, 6.07) is 0. The van der Waals surface area contributed by atoms with Crippen LogP contribution in [-0.4, -0.2) is 28.3 Å². The fourth-order valence-electron chi connectivity index (χ4n) is 4.96. The number of halogens is 1. The SMILES string of the molecule is CCC(C(=O)OC1CC2CCC1C1COC(=O)C21)C12NI1N2. The zero-order valence-electron chi connectivity index (χ0n) is 12.5. The van der Waals surface area contributed by atoms with Gasteiger partial charge in [0.1, 0.15) is 0 Å². The van der Waals surface area contributed by atoms with Gasteiger partial charge in [-0.15, -0.1) is 0 Å². The van der Waals surface area contributed by atoms with Crippen molar-refractivity contribution in [3.05, 3.63) is 0 Å². The van der Waals surface area contributed by atoms with Gasteiger partial charge in [0.25, 0.3) is 0 Å². The number of cyclic esters (lactones) is 1. The summed E-state index contributed by atoms with van der Waals surface area (Å²) in [4.78, 5) is 24.5. The molecule has 6 atom stereocenters. The molecule has 2 N–H and O–H groups in total. The van der Waals surface area contributed by atoms with Gasteiger partial charge in [-0.05, 0) is 0 Å². The van der Waals surface area contributed by atoms with E-state index >= 15 is 0 Å². The molecule has 3 saturated heterocycles. The van der Waals surface area contributed by atoms with Crippen molar-refractivity contribution in [1.82, 2.24) is 7.06 Å². The van der Waals surface area contributed by atoms with Gasteiger partial charge < -0.3 is 0 Å². The third kappa shape index (κ3) is 1.78. The molecule has 0 aromatic carbocycles. The molecule has 0 spiro atoms. The van der Waals surface area contributed by atoms with Crippen molar-refractivity contribution in [2.75, 3.05) is 6.61 Å². The first-order valence-electron chi connectivity index (χ1n) is 8.26. The van der Waals surface area contributed by atoms with Crippen LogP contribution < -0.4 is 7.06 Å². The van der Waals surface area contributed by atoms with Crippen molar-refractivity contribution in [1.29, 1.82) is 0 Å². The molecule has 6 rings (SSSR count). The number of esters is 2. The number of alkyl halides is 1. The van der Waals surface area contributed by atoms with Crippen LogP contribution in [0.5, 0.6) is 0 Å². The average molecular weight is 420 g/mol. The summed E-state index contributed by atoms with van der Waals surface area (Å²) in [5, 5.41) is 0. The quantitative estimate of drug-likeness (QED) is 0.178. The summed E-state index contributed by atoms with van der Waals surface area (Å²) in [7, 11) is 0. The molecule has 6 unspecified atom stereocenters. The first kappa shape index (κ1) is 14.0. The Labute approximate surface area is 137 Å². The molecule has 7 heteroatoms. The molecule has 3 saturated carbocycles. The van der Waals surface area contributed by atoms with Crippen LogP contribution in [0.4, 0.5) is 0 Å². The van der Waals surface area contributed by atoms with Crippen molar-refractivity contribution in [3.8, 4) is 0 Å². The van der Waals surface area contributed by atoms with E-state index in [1.54, 1.807) is 0 Å². The van der Waals surface area contributed by atoms with Gasteiger partial charge in [0.15, 0.2) is 0 Å². The number of fused-ring (bicyclic) bond motifs is 3. The third-order valence-electron chi connectivity index (χ3n) is 6.22. The molecule has 3 aliphatic carbocycles. The summed E-state index contributed by atoms with van der Waals surface area (Å²) >= 11 is -1.12. The minimum atomic E-state index is -1.12. The van der Waals surface area contributed by atoms with Crippen LogP contribution in [0.3, 0.4) is 0 Å².